The predicted octanol–water partition coefficient (Wildman–Crippen LogP) is 2.92. The second-order valence-corrected chi connectivity index (χ2v) is 11.3. The molecule has 0 bridgehead atoms. The van der Waals surface area contributed by atoms with E-state index in [0.717, 1.165) is 27.9 Å². The van der Waals surface area contributed by atoms with Gasteiger partial charge in [-0.3, -0.25) is 9.59 Å². The lowest BCUT2D eigenvalue weighted by Crippen LogP contribution is -2.49. The molecule has 4 amide bonds. The highest BCUT2D eigenvalue weighted by molar-refractivity contribution is 6.00. The summed E-state index contributed by atoms with van der Waals surface area (Å²) in [5, 5.41) is 26.7. The molecular formula is C32H39N5O5. The summed E-state index contributed by atoms with van der Waals surface area (Å²) in [4.78, 5) is 40.5. The molecule has 10 heteroatoms. The van der Waals surface area contributed by atoms with Gasteiger partial charge in [0.15, 0.2) is 0 Å². The molecule has 0 saturated carbocycles. The van der Waals surface area contributed by atoms with Crippen molar-refractivity contribution in [1.29, 1.82) is 0 Å². The number of aliphatic hydroxyl groups is 2. The zero-order chi connectivity index (χ0) is 30.3. The van der Waals surface area contributed by atoms with Gasteiger partial charge in [-0.15, -0.1) is 0 Å². The molecule has 7 N–H and O–H groups in total. The van der Waals surface area contributed by atoms with Crippen LogP contribution in [0.5, 0.6) is 0 Å². The molecule has 0 radical (unpaired) electrons. The number of aliphatic hydroxyl groups excluding tert-OH is 2. The molecule has 0 saturated heterocycles. The fourth-order valence-corrected chi connectivity index (χ4v) is 4.93. The summed E-state index contributed by atoms with van der Waals surface area (Å²) in [6.45, 7) is 3.36. The zero-order valence-corrected chi connectivity index (χ0v) is 24.0. The molecule has 1 unspecified atom stereocenters. The Morgan fingerprint density at radius 1 is 1.05 bits per heavy atom. The van der Waals surface area contributed by atoms with Crippen molar-refractivity contribution in [2.24, 2.45) is 5.73 Å². The molecule has 222 valence electrons. The van der Waals surface area contributed by atoms with Gasteiger partial charge in [0.25, 0.3) is 0 Å². The van der Waals surface area contributed by atoms with Gasteiger partial charge in [-0.25, -0.2) is 4.79 Å². The fraction of sp³-hybridized carbons (Fsp3) is 0.344. The van der Waals surface area contributed by atoms with Crippen LogP contribution in [0.15, 0.2) is 72.8 Å². The van der Waals surface area contributed by atoms with Crippen molar-refractivity contribution in [2.75, 3.05) is 23.4 Å². The Morgan fingerprint density at radius 2 is 1.74 bits per heavy atom. The van der Waals surface area contributed by atoms with Gasteiger partial charge in [0, 0.05) is 29.8 Å². The van der Waals surface area contributed by atoms with Crippen LogP contribution in [0, 0.1) is 0 Å². The van der Waals surface area contributed by atoms with Crippen molar-refractivity contribution in [3.05, 3.63) is 83.9 Å². The van der Waals surface area contributed by atoms with Gasteiger partial charge in [0.2, 0.25) is 11.8 Å². The number of fused-ring (bicyclic) bond motifs is 1. The number of para-hydroxylation sites is 2. The van der Waals surface area contributed by atoms with Gasteiger partial charge in [-0.1, -0.05) is 60.7 Å². The first kappa shape index (κ1) is 30.7. The molecule has 42 heavy (non-hydrogen) atoms. The van der Waals surface area contributed by atoms with Crippen molar-refractivity contribution in [3.63, 3.8) is 0 Å². The van der Waals surface area contributed by atoms with Crippen LogP contribution in [0.4, 0.5) is 16.2 Å². The second-order valence-electron chi connectivity index (χ2n) is 11.3. The van der Waals surface area contributed by atoms with E-state index in [-0.39, 0.29) is 24.8 Å². The molecule has 1 aliphatic rings. The number of urea groups is 1. The average Bonchev–Trinajstić information content (AvgIpc) is 3.08. The second kappa shape index (κ2) is 13.6. The molecular weight excluding hydrogens is 534 g/mol. The first-order valence-corrected chi connectivity index (χ1v) is 14.0. The summed E-state index contributed by atoms with van der Waals surface area (Å²) in [5.74, 6) is -0.416. The minimum absolute atomic E-state index is 0.0763. The van der Waals surface area contributed by atoms with E-state index in [1.807, 2.05) is 66.7 Å². The van der Waals surface area contributed by atoms with E-state index in [2.05, 4.69) is 16.0 Å². The SMILES string of the molecule is CC(C)(N)CC(=O)N[C@@H]1CCc2ccccc2N(Cc2ccc(-c3ccccc3NC(=O)NCC(O)CO)cc2)C1=O. The Morgan fingerprint density at radius 3 is 2.45 bits per heavy atom. The molecule has 4 rings (SSSR count). The summed E-state index contributed by atoms with van der Waals surface area (Å²) in [5.41, 5.74) is 10.4. The first-order valence-electron chi connectivity index (χ1n) is 14.0. The number of anilines is 2. The van der Waals surface area contributed by atoms with Crippen LogP contribution in [0.25, 0.3) is 11.1 Å². The summed E-state index contributed by atoms with van der Waals surface area (Å²) < 4.78 is 0. The van der Waals surface area contributed by atoms with Crippen LogP contribution < -0.4 is 26.6 Å². The Hall–Kier alpha value is -4.25. The largest absolute Gasteiger partial charge is 0.394 e. The normalized spacial score (nSPS) is 15.8. The van der Waals surface area contributed by atoms with Gasteiger partial charge in [-0.05, 0) is 55.5 Å². The van der Waals surface area contributed by atoms with E-state index in [4.69, 9.17) is 10.8 Å². The lowest BCUT2D eigenvalue weighted by atomic mass is 10.0. The Labute approximate surface area is 245 Å². The van der Waals surface area contributed by atoms with E-state index in [1.54, 1.807) is 24.8 Å². The minimum Gasteiger partial charge on any atom is -0.394 e. The van der Waals surface area contributed by atoms with Crippen LogP contribution in [0.2, 0.25) is 0 Å². The number of carbonyl (C=O) groups is 3. The highest BCUT2D eigenvalue weighted by atomic mass is 16.3. The highest BCUT2D eigenvalue weighted by Crippen LogP contribution is 2.31. The molecule has 3 aromatic carbocycles. The third kappa shape index (κ3) is 8.16. The third-order valence-corrected chi connectivity index (χ3v) is 6.99. The van der Waals surface area contributed by atoms with E-state index in [9.17, 15) is 19.5 Å². The smallest absolute Gasteiger partial charge is 0.319 e. The highest BCUT2D eigenvalue weighted by Gasteiger charge is 2.32. The molecule has 0 aliphatic carbocycles. The maximum Gasteiger partial charge on any atom is 0.319 e. The quantitative estimate of drug-likeness (QED) is 0.219. The maximum atomic E-state index is 13.8. The number of benzene rings is 3. The standard InChI is InChI=1S/C32H39N5O5/c1-32(2,33)17-29(40)35-27-16-15-23-7-3-6-10-28(23)37(30(27)41)19-21-11-13-22(14-12-21)25-8-4-5-9-26(25)36-31(42)34-18-24(39)20-38/h3-14,24,27,38-39H,15-20,33H2,1-2H3,(H,35,40)(H2,34,36,42)/t24?,27-/m1/s1. The lowest BCUT2D eigenvalue weighted by Gasteiger charge is -2.27. The van der Waals surface area contributed by atoms with Gasteiger partial charge in [0.1, 0.15) is 6.04 Å². The van der Waals surface area contributed by atoms with Crippen LogP contribution >= 0.6 is 0 Å². The summed E-state index contributed by atoms with van der Waals surface area (Å²) in [7, 11) is 0. The zero-order valence-electron chi connectivity index (χ0n) is 24.0. The number of hydrogen-bond acceptors (Lipinski definition) is 6. The predicted molar refractivity (Wildman–Crippen MR) is 163 cm³/mol. The Balaban J connectivity index is 1.52. The van der Waals surface area contributed by atoms with E-state index in [0.29, 0.717) is 25.1 Å². The van der Waals surface area contributed by atoms with Crippen molar-refractivity contribution >= 4 is 29.2 Å². The number of carbonyl (C=O) groups excluding carboxylic acids is 3. The number of nitrogens with two attached hydrogens (primary N) is 1. The molecule has 0 spiro atoms. The molecule has 2 atom stereocenters. The summed E-state index contributed by atoms with van der Waals surface area (Å²) in [6.07, 6.45) is 0.239. The van der Waals surface area contributed by atoms with Crippen LogP contribution in [0.1, 0.15) is 37.8 Å². The van der Waals surface area contributed by atoms with Gasteiger partial charge < -0.3 is 36.8 Å². The van der Waals surface area contributed by atoms with E-state index < -0.39 is 30.3 Å². The van der Waals surface area contributed by atoms with E-state index in [1.165, 1.54) is 0 Å². The third-order valence-electron chi connectivity index (χ3n) is 6.99. The number of rotatable bonds is 10. The molecule has 3 aromatic rings. The molecule has 1 heterocycles. The molecule has 10 nitrogen and oxygen atoms in total. The summed E-state index contributed by atoms with van der Waals surface area (Å²) in [6, 6.07) is 21.7. The van der Waals surface area contributed by atoms with Gasteiger partial charge in [-0.2, -0.15) is 0 Å². The molecule has 1 aliphatic heterocycles. The number of hydrogen-bond donors (Lipinski definition) is 6. The lowest BCUT2D eigenvalue weighted by molar-refractivity contribution is -0.128. The number of nitrogens with one attached hydrogen (secondary N) is 3. The average molecular weight is 574 g/mol. The summed E-state index contributed by atoms with van der Waals surface area (Å²) >= 11 is 0. The fourth-order valence-electron chi connectivity index (χ4n) is 4.93. The topological polar surface area (TPSA) is 157 Å². The number of aryl methyl sites for hydroxylation is 1. The van der Waals surface area contributed by atoms with Crippen LogP contribution in [-0.4, -0.2) is 58.9 Å². The van der Waals surface area contributed by atoms with Crippen molar-refractivity contribution in [2.45, 2.75) is 57.3 Å². The van der Waals surface area contributed by atoms with Crippen molar-refractivity contribution in [1.82, 2.24) is 10.6 Å². The van der Waals surface area contributed by atoms with Gasteiger partial charge in [0.05, 0.1) is 24.9 Å². The van der Waals surface area contributed by atoms with Crippen LogP contribution in [0.3, 0.4) is 0 Å². The Kier molecular flexibility index (Phi) is 9.95. The maximum absolute atomic E-state index is 13.8. The van der Waals surface area contributed by atoms with Crippen molar-refractivity contribution < 1.29 is 24.6 Å². The molecule has 0 aromatic heterocycles. The Bertz CT molecular complexity index is 1400. The molecule has 0 fully saturated rings. The monoisotopic (exact) mass is 573 g/mol. The van der Waals surface area contributed by atoms with Gasteiger partial charge >= 0.3 is 6.03 Å². The van der Waals surface area contributed by atoms with E-state index >= 15 is 0 Å². The van der Waals surface area contributed by atoms with Crippen molar-refractivity contribution in [3.8, 4) is 11.1 Å². The number of amides is 4. The minimum atomic E-state index is -1.04. The van der Waals surface area contributed by atoms with Crippen LogP contribution in [-0.2, 0) is 22.6 Å². The number of nitrogens with zero attached hydrogens (tertiary/aromatic N) is 1. The first-order chi connectivity index (χ1) is 20.0.